The highest BCUT2D eigenvalue weighted by molar-refractivity contribution is 14.0. The molecule has 0 aliphatic carbocycles. The molecule has 182 valence electrons. The third-order valence-corrected chi connectivity index (χ3v) is 4.88. The minimum atomic E-state index is -0.779. The molecule has 3 unspecified atom stereocenters. The lowest BCUT2D eigenvalue weighted by molar-refractivity contribution is -0.121. The third-order valence-electron chi connectivity index (χ3n) is 4.88. The average Bonchev–Trinajstić information content (AvgIpc) is 2.84. The zero-order valence-corrected chi connectivity index (χ0v) is 22.8. The van der Waals surface area contributed by atoms with Crippen LogP contribution in [0.3, 0.4) is 0 Å². The molecular formula is C21H42IN5O4. The number of nitrogens with zero attached hydrogens (tertiary/aromatic N) is 2. The number of nitrogens with one attached hydrogen (secondary N) is 3. The molecule has 0 spiro atoms. The predicted octanol–water partition coefficient (Wildman–Crippen LogP) is 2.83. The van der Waals surface area contributed by atoms with E-state index in [0.29, 0.717) is 25.5 Å². The first kappa shape index (κ1) is 29.7. The Balaban J connectivity index is 0.00000900. The number of hydrogen-bond acceptors (Lipinski definition) is 5. The van der Waals surface area contributed by atoms with E-state index in [1.807, 2.05) is 55.4 Å². The summed E-state index contributed by atoms with van der Waals surface area (Å²) < 4.78 is 11.6. The molecule has 0 radical (unpaired) electrons. The molecule has 1 rings (SSSR count). The number of carbonyl (C=O) groups excluding carboxylic acids is 2. The Morgan fingerprint density at radius 3 is 2.39 bits per heavy atom. The first-order valence-electron chi connectivity index (χ1n) is 10.7. The Labute approximate surface area is 204 Å². The summed E-state index contributed by atoms with van der Waals surface area (Å²) in [4.78, 5) is 30.6. The average molecular weight is 556 g/mol. The van der Waals surface area contributed by atoms with Crippen molar-refractivity contribution < 1.29 is 19.1 Å². The van der Waals surface area contributed by atoms with E-state index >= 15 is 0 Å². The van der Waals surface area contributed by atoms with Crippen molar-refractivity contribution in [2.45, 2.75) is 97.7 Å². The third kappa shape index (κ3) is 9.80. The second-order valence-electron chi connectivity index (χ2n) is 9.19. The largest absolute Gasteiger partial charge is 0.444 e. The van der Waals surface area contributed by atoms with Crippen LogP contribution in [0.1, 0.15) is 68.2 Å². The molecule has 1 aliphatic heterocycles. The van der Waals surface area contributed by atoms with Crippen LogP contribution in [-0.4, -0.2) is 72.5 Å². The van der Waals surface area contributed by atoms with Gasteiger partial charge in [0, 0.05) is 32.6 Å². The van der Waals surface area contributed by atoms with Crippen LogP contribution in [0.2, 0.25) is 0 Å². The summed E-state index contributed by atoms with van der Waals surface area (Å²) in [6, 6.07) is -0.0666. The molecule has 2 amide bonds. The van der Waals surface area contributed by atoms with Gasteiger partial charge in [0.2, 0.25) is 5.91 Å². The molecule has 0 bridgehead atoms. The maximum absolute atomic E-state index is 12.8. The van der Waals surface area contributed by atoms with Gasteiger partial charge in [0.25, 0.3) is 0 Å². The first-order valence-corrected chi connectivity index (χ1v) is 10.7. The van der Waals surface area contributed by atoms with Crippen LogP contribution in [0.25, 0.3) is 0 Å². The fourth-order valence-corrected chi connectivity index (χ4v) is 3.29. The zero-order chi connectivity index (χ0) is 23.1. The summed E-state index contributed by atoms with van der Waals surface area (Å²) >= 11 is 0. The molecule has 3 N–H and O–H groups in total. The second kappa shape index (κ2) is 12.7. The van der Waals surface area contributed by atoms with E-state index in [1.165, 1.54) is 0 Å². The van der Waals surface area contributed by atoms with Gasteiger partial charge < -0.3 is 25.4 Å². The van der Waals surface area contributed by atoms with Crippen molar-refractivity contribution in [1.29, 1.82) is 0 Å². The molecular weight excluding hydrogens is 513 g/mol. The van der Waals surface area contributed by atoms with Crippen molar-refractivity contribution in [2.24, 2.45) is 4.99 Å². The van der Waals surface area contributed by atoms with Crippen LogP contribution in [-0.2, 0) is 14.3 Å². The molecule has 1 aliphatic rings. The summed E-state index contributed by atoms with van der Waals surface area (Å²) in [7, 11) is 1.67. The van der Waals surface area contributed by atoms with Gasteiger partial charge in [-0.05, 0) is 54.9 Å². The van der Waals surface area contributed by atoms with Gasteiger partial charge in [0.15, 0.2) is 5.96 Å². The smallest absolute Gasteiger partial charge is 0.412 e. The van der Waals surface area contributed by atoms with Gasteiger partial charge >= 0.3 is 6.09 Å². The van der Waals surface area contributed by atoms with E-state index in [2.05, 4.69) is 20.9 Å². The number of ether oxygens (including phenoxy) is 2. The van der Waals surface area contributed by atoms with E-state index in [1.54, 1.807) is 11.9 Å². The number of rotatable bonds is 7. The molecule has 31 heavy (non-hydrogen) atoms. The van der Waals surface area contributed by atoms with Crippen LogP contribution < -0.4 is 16.0 Å². The van der Waals surface area contributed by atoms with Gasteiger partial charge in [-0.25, -0.2) is 4.79 Å². The highest BCUT2D eigenvalue weighted by atomic mass is 127. The van der Waals surface area contributed by atoms with Gasteiger partial charge in [-0.3, -0.25) is 14.7 Å². The number of guanidine groups is 1. The van der Waals surface area contributed by atoms with Crippen molar-refractivity contribution in [1.82, 2.24) is 20.9 Å². The quantitative estimate of drug-likeness (QED) is 0.254. The van der Waals surface area contributed by atoms with Crippen molar-refractivity contribution in [2.75, 3.05) is 20.1 Å². The minimum absolute atomic E-state index is 0. The summed E-state index contributed by atoms with van der Waals surface area (Å²) in [6.07, 6.45) is 0.660. The standard InChI is InChI=1S/C21H41N5O4.HI/c1-10-14(2)25-17(27)11-12-23-18(22-9)24-13-16-15(3)29-21(7,8)26(16)19(28)30-20(4,5)6;/h14-16H,10-13H2,1-9H3,(H,25,27)(H2,22,23,24);1H. The summed E-state index contributed by atoms with van der Waals surface area (Å²) in [5.41, 5.74) is -1.37. The summed E-state index contributed by atoms with van der Waals surface area (Å²) in [5.74, 6) is 0.565. The molecule has 0 saturated carbocycles. The molecule has 0 aromatic carbocycles. The van der Waals surface area contributed by atoms with Crippen LogP contribution in [0.4, 0.5) is 4.79 Å². The van der Waals surface area contributed by atoms with Crippen molar-refractivity contribution in [3.05, 3.63) is 0 Å². The van der Waals surface area contributed by atoms with E-state index in [9.17, 15) is 9.59 Å². The van der Waals surface area contributed by atoms with E-state index in [-0.39, 0.29) is 48.1 Å². The minimum Gasteiger partial charge on any atom is -0.444 e. The lowest BCUT2D eigenvalue weighted by Gasteiger charge is -2.35. The Kier molecular flexibility index (Phi) is 12.1. The van der Waals surface area contributed by atoms with E-state index < -0.39 is 17.4 Å². The Bertz CT molecular complexity index is 621. The second-order valence-corrected chi connectivity index (χ2v) is 9.19. The fourth-order valence-electron chi connectivity index (χ4n) is 3.29. The molecule has 9 nitrogen and oxygen atoms in total. The number of hydrogen-bond donors (Lipinski definition) is 3. The number of carbonyl (C=O) groups is 2. The molecule has 3 atom stereocenters. The fraction of sp³-hybridized carbons (Fsp3) is 0.857. The van der Waals surface area contributed by atoms with Gasteiger partial charge in [-0.1, -0.05) is 6.92 Å². The molecule has 1 heterocycles. The Morgan fingerprint density at radius 2 is 1.87 bits per heavy atom. The van der Waals surface area contributed by atoms with Gasteiger partial charge in [0.05, 0.1) is 12.1 Å². The first-order chi connectivity index (χ1) is 13.8. The maximum Gasteiger partial charge on any atom is 0.412 e. The van der Waals surface area contributed by atoms with Crippen molar-refractivity contribution in [3.8, 4) is 0 Å². The van der Waals surface area contributed by atoms with Gasteiger partial charge in [-0.2, -0.15) is 0 Å². The lowest BCUT2D eigenvalue weighted by atomic mass is 10.1. The summed E-state index contributed by atoms with van der Waals surface area (Å²) in [6.45, 7) is 16.1. The SMILES string of the molecule is CCC(C)NC(=O)CCNC(=NC)NCC1C(C)OC(C)(C)N1C(=O)OC(C)(C)C.I. The molecule has 10 heteroatoms. The van der Waals surface area contributed by atoms with E-state index in [4.69, 9.17) is 9.47 Å². The molecule has 0 aromatic heterocycles. The Morgan fingerprint density at radius 1 is 1.26 bits per heavy atom. The van der Waals surface area contributed by atoms with Crippen molar-refractivity contribution >= 4 is 41.9 Å². The van der Waals surface area contributed by atoms with Crippen LogP contribution in [0.15, 0.2) is 4.99 Å². The number of halogens is 1. The van der Waals surface area contributed by atoms with Crippen LogP contribution in [0, 0.1) is 0 Å². The molecule has 0 aromatic rings. The lowest BCUT2D eigenvalue weighted by Crippen LogP contribution is -2.54. The van der Waals surface area contributed by atoms with Gasteiger partial charge in [0.1, 0.15) is 11.3 Å². The molecule has 1 saturated heterocycles. The normalized spacial score (nSPS) is 21.7. The van der Waals surface area contributed by atoms with Crippen LogP contribution >= 0.6 is 24.0 Å². The monoisotopic (exact) mass is 555 g/mol. The highest BCUT2D eigenvalue weighted by Gasteiger charge is 2.49. The highest BCUT2D eigenvalue weighted by Crippen LogP contribution is 2.33. The van der Waals surface area contributed by atoms with Crippen LogP contribution in [0.5, 0.6) is 0 Å². The maximum atomic E-state index is 12.8. The van der Waals surface area contributed by atoms with E-state index in [0.717, 1.165) is 6.42 Å². The van der Waals surface area contributed by atoms with Gasteiger partial charge in [-0.15, -0.1) is 24.0 Å². The Hall–Kier alpha value is -1.30. The number of amides is 2. The topological polar surface area (TPSA) is 104 Å². The predicted molar refractivity (Wildman–Crippen MR) is 134 cm³/mol. The zero-order valence-electron chi connectivity index (χ0n) is 20.5. The van der Waals surface area contributed by atoms with Crippen molar-refractivity contribution in [3.63, 3.8) is 0 Å². The summed E-state index contributed by atoms with van der Waals surface area (Å²) in [5, 5.41) is 9.30. The number of aliphatic imine (C=N–C) groups is 1. The molecule has 1 fully saturated rings.